The molecule has 0 aromatic carbocycles. The molecule has 24 heavy (non-hydrogen) atoms. The summed E-state index contributed by atoms with van der Waals surface area (Å²) >= 11 is 9.15. The Bertz CT molecular complexity index is 736. The van der Waals surface area contributed by atoms with Crippen LogP contribution in [0.4, 0.5) is 9.39 Å². The lowest BCUT2D eigenvalue weighted by Gasteiger charge is -2.26. The Hall–Kier alpha value is -1.18. The number of carbonyl (C=O) groups excluding carboxylic acids is 1. The second kappa shape index (κ2) is 7.80. The lowest BCUT2D eigenvalue weighted by molar-refractivity contribution is -0.118. The number of hydrogen-bond acceptors (Lipinski definition) is 5. The minimum absolute atomic E-state index is 0.00804. The normalized spacial score (nSPS) is 11.6. The Balaban J connectivity index is 2.31. The third-order valence-electron chi connectivity index (χ3n) is 3.51. The number of aromatic nitrogens is 2. The molecule has 0 atom stereocenters. The first-order valence-corrected chi connectivity index (χ1v) is 9.82. The van der Waals surface area contributed by atoms with E-state index in [0.717, 1.165) is 6.20 Å². The second-order valence-electron chi connectivity index (χ2n) is 5.79. The van der Waals surface area contributed by atoms with E-state index >= 15 is 0 Å². The largest absolute Gasteiger partial charge is 0.301 e. The molecule has 1 amide bonds. The van der Waals surface area contributed by atoms with E-state index in [9.17, 15) is 9.18 Å². The van der Waals surface area contributed by atoms with Gasteiger partial charge in [-0.2, -0.15) is 11.8 Å². The van der Waals surface area contributed by atoms with Gasteiger partial charge in [-0.05, 0) is 19.2 Å². The number of pyridine rings is 1. The average molecular weight is 388 g/mol. The highest BCUT2D eigenvalue weighted by Crippen LogP contribution is 2.38. The van der Waals surface area contributed by atoms with Crippen molar-refractivity contribution in [2.24, 2.45) is 0 Å². The molecule has 130 valence electrons. The van der Waals surface area contributed by atoms with Crippen LogP contribution in [0, 0.1) is 5.82 Å². The second-order valence-corrected chi connectivity index (χ2v) is 8.63. The smallest absolute Gasteiger partial charge is 0.229 e. The highest BCUT2D eigenvalue weighted by atomic mass is 35.5. The average Bonchev–Trinajstić information content (AvgIpc) is 2.89. The van der Waals surface area contributed by atoms with Crippen LogP contribution in [-0.2, 0) is 4.79 Å². The molecule has 0 aliphatic heterocycles. The zero-order chi connectivity index (χ0) is 17.9. The van der Waals surface area contributed by atoms with Gasteiger partial charge in [0.1, 0.15) is 15.8 Å². The van der Waals surface area contributed by atoms with Gasteiger partial charge >= 0.3 is 0 Å². The SMILES string of the molecule is CCN(C(=O)CC(C)(C)SC)c1sc(-c2cncc(F)c2)nc1Cl. The fourth-order valence-corrected chi connectivity index (χ4v) is 3.72. The molecule has 8 heteroatoms. The third kappa shape index (κ3) is 4.46. The lowest BCUT2D eigenvalue weighted by atomic mass is 10.1. The molecule has 0 aliphatic rings. The monoisotopic (exact) mass is 387 g/mol. The van der Waals surface area contributed by atoms with Gasteiger partial charge < -0.3 is 4.90 Å². The van der Waals surface area contributed by atoms with E-state index in [1.165, 1.54) is 23.6 Å². The van der Waals surface area contributed by atoms with Crippen LogP contribution in [0.1, 0.15) is 27.2 Å². The zero-order valence-electron chi connectivity index (χ0n) is 14.0. The van der Waals surface area contributed by atoms with Crippen LogP contribution in [0.2, 0.25) is 5.15 Å². The third-order valence-corrected chi connectivity index (χ3v) is 6.27. The number of thiazole rings is 1. The van der Waals surface area contributed by atoms with Gasteiger partial charge in [0.15, 0.2) is 5.15 Å². The molecule has 0 fully saturated rings. The predicted molar refractivity (Wildman–Crippen MR) is 101 cm³/mol. The molecule has 0 unspecified atom stereocenters. The van der Waals surface area contributed by atoms with Crippen LogP contribution in [0.25, 0.3) is 10.6 Å². The van der Waals surface area contributed by atoms with Crippen molar-refractivity contribution < 1.29 is 9.18 Å². The molecule has 0 N–H and O–H groups in total. The lowest BCUT2D eigenvalue weighted by Crippen LogP contribution is -2.34. The number of thioether (sulfide) groups is 1. The Kier molecular flexibility index (Phi) is 6.22. The van der Waals surface area contributed by atoms with E-state index < -0.39 is 5.82 Å². The standard InChI is InChI=1S/C16H19ClFN3OS2/c1-5-21(12(22)7-16(2,3)23-4)15-13(17)20-14(24-15)10-6-11(18)9-19-8-10/h6,8-9H,5,7H2,1-4H3. The number of carbonyl (C=O) groups is 1. The number of rotatable bonds is 6. The van der Waals surface area contributed by atoms with Crippen LogP contribution >= 0.6 is 34.7 Å². The summed E-state index contributed by atoms with van der Waals surface area (Å²) in [5.41, 5.74) is 0.543. The maximum Gasteiger partial charge on any atom is 0.229 e. The fourth-order valence-electron chi connectivity index (χ4n) is 2.08. The first-order valence-electron chi connectivity index (χ1n) is 7.40. The molecule has 0 bridgehead atoms. The first-order chi connectivity index (χ1) is 11.3. The molecular formula is C16H19ClFN3OS2. The molecular weight excluding hydrogens is 369 g/mol. The number of amides is 1. The fraction of sp³-hybridized carbons (Fsp3) is 0.438. The molecule has 4 nitrogen and oxygen atoms in total. The van der Waals surface area contributed by atoms with Crippen molar-refractivity contribution in [2.75, 3.05) is 17.7 Å². The van der Waals surface area contributed by atoms with E-state index in [0.29, 0.717) is 28.5 Å². The van der Waals surface area contributed by atoms with Crippen molar-refractivity contribution in [1.82, 2.24) is 9.97 Å². The minimum Gasteiger partial charge on any atom is -0.301 e. The number of hydrogen-bond donors (Lipinski definition) is 0. The van der Waals surface area contributed by atoms with Crippen molar-refractivity contribution in [3.63, 3.8) is 0 Å². The van der Waals surface area contributed by atoms with Crippen LogP contribution in [0.15, 0.2) is 18.5 Å². The molecule has 2 heterocycles. The summed E-state index contributed by atoms with van der Waals surface area (Å²) in [5.74, 6) is -0.447. The Morgan fingerprint density at radius 2 is 2.17 bits per heavy atom. The molecule has 2 aromatic rings. The van der Waals surface area contributed by atoms with Crippen LogP contribution in [-0.4, -0.2) is 33.4 Å². The van der Waals surface area contributed by atoms with Crippen molar-refractivity contribution in [3.05, 3.63) is 29.4 Å². The van der Waals surface area contributed by atoms with Gasteiger partial charge in [0.05, 0.1) is 6.20 Å². The van der Waals surface area contributed by atoms with Crippen molar-refractivity contribution >= 4 is 45.6 Å². The summed E-state index contributed by atoms with van der Waals surface area (Å²) in [6.07, 6.45) is 5.04. The maximum atomic E-state index is 13.4. The number of anilines is 1. The van der Waals surface area contributed by atoms with Gasteiger partial charge in [-0.25, -0.2) is 9.37 Å². The Morgan fingerprint density at radius 3 is 2.75 bits per heavy atom. The van der Waals surface area contributed by atoms with Gasteiger partial charge in [-0.15, -0.1) is 0 Å². The van der Waals surface area contributed by atoms with Crippen LogP contribution < -0.4 is 4.90 Å². The number of nitrogens with zero attached hydrogens (tertiary/aromatic N) is 3. The topological polar surface area (TPSA) is 46.1 Å². The van der Waals surface area contributed by atoms with Crippen LogP contribution in [0.3, 0.4) is 0 Å². The van der Waals surface area contributed by atoms with E-state index in [1.807, 2.05) is 27.0 Å². The Labute approximate surface area is 154 Å². The molecule has 2 rings (SSSR count). The predicted octanol–water partition coefficient (Wildman–Crippen LogP) is 4.88. The first kappa shape index (κ1) is 19.1. The summed E-state index contributed by atoms with van der Waals surface area (Å²) in [7, 11) is 0. The molecule has 2 aromatic heterocycles. The van der Waals surface area contributed by atoms with Crippen molar-refractivity contribution in [3.8, 4) is 10.6 Å². The molecule has 0 saturated heterocycles. The summed E-state index contributed by atoms with van der Waals surface area (Å²) in [6, 6.07) is 1.35. The minimum atomic E-state index is -0.439. The van der Waals surface area contributed by atoms with Gasteiger partial charge in [0, 0.05) is 29.5 Å². The quantitative estimate of drug-likeness (QED) is 0.708. The zero-order valence-corrected chi connectivity index (χ0v) is 16.4. The van der Waals surface area contributed by atoms with E-state index in [1.54, 1.807) is 16.7 Å². The van der Waals surface area contributed by atoms with E-state index in [2.05, 4.69) is 9.97 Å². The summed E-state index contributed by atoms with van der Waals surface area (Å²) < 4.78 is 13.2. The van der Waals surface area contributed by atoms with Crippen LogP contribution in [0.5, 0.6) is 0 Å². The molecule has 0 aliphatic carbocycles. The van der Waals surface area contributed by atoms with Gasteiger partial charge in [0.2, 0.25) is 5.91 Å². The summed E-state index contributed by atoms with van der Waals surface area (Å²) in [6.45, 7) is 6.44. The van der Waals surface area contributed by atoms with E-state index in [4.69, 9.17) is 11.6 Å². The van der Waals surface area contributed by atoms with Gasteiger partial charge in [-0.1, -0.05) is 36.8 Å². The molecule has 0 spiro atoms. The van der Waals surface area contributed by atoms with Crippen molar-refractivity contribution in [1.29, 1.82) is 0 Å². The van der Waals surface area contributed by atoms with Gasteiger partial charge in [0.25, 0.3) is 0 Å². The molecule has 0 radical (unpaired) electrons. The van der Waals surface area contributed by atoms with E-state index in [-0.39, 0.29) is 15.8 Å². The van der Waals surface area contributed by atoms with Crippen molar-refractivity contribution in [2.45, 2.75) is 31.9 Å². The summed E-state index contributed by atoms with van der Waals surface area (Å²) in [4.78, 5) is 22.4. The summed E-state index contributed by atoms with van der Waals surface area (Å²) in [5, 5.41) is 1.37. The molecule has 0 saturated carbocycles. The maximum absolute atomic E-state index is 13.4. The highest BCUT2D eigenvalue weighted by Gasteiger charge is 2.27. The Morgan fingerprint density at radius 1 is 1.46 bits per heavy atom. The van der Waals surface area contributed by atoms with Gasteiger partial charge in [-0.3, -0.25) is 9.78 Å². The highest BCUT2D eigenvalue weighted by molar-refractivity contribution is 7.99. The number of halogens is 2.